The summed E-state index contributed by atoms with van der Waals surface area (Å²) in [5.41, 5.74) is -0.330. The lowest BCUT2D eigenvalue weighted by molar-refractivity contribution is 0.356. The van der Waals surface area contributed by atoms with E-state index in [2.05, 4.69) is 6.07 Å². The first kappa shape index (κ1) is 8.86. The fourth-order valence-corrected chi connectivity index (χ4v) is 1.45. The van der Waals surface area contributed by atoms with Gasteiger partial charge in [0.25, 0.3) is 0 Å². The lowest BCUT2D eigenvalue weighted by Gasteiger charge is -2.25. The van der Waals surface area contributed by atoms with Crippen molar-refractivity contribution in [3.8, 4) is 6.07 Å². The summed E-state index contributed by atoms with van der Waals surface area (Å²) in [7, 11) is 0. The summed E-state index contributed by atoms with van der Waals surface area (Å²) in [4.78, 5) is 0. The standard InChI is InChI=1S/C10H14N2/c1-3-10(4-2,9-11)12-7-5-6-8-12/h5-8H,3-4H2,1-2H3. The van der Waals surface area contributed by atoms with Crippen LogP contribution in [-0.2, 0) is 5.54 Å². The smallest absolute Gasteiger partial charge is 0.130 e. The van der Waals surface area contributed by atoms with Gasteiger partial charge in [-0.1, -0.05) is 13.8 Å². The number of nitriles is 1. The van der Waals surface area contributed by atoms with Gasteiger partial charge in [-0.25, -0.2) is 0 Å². The molecule has 0 unspecified atom stereocenters. The van der Waals surface area contributed by atoms with E-state index in [0.29, 0.717) is 0 Å². The molecule has 0 N–H and O–H groups in total. The van der Waals surface area contributed by atoms with Crippen LogP contribution in [-0.4, -0.2) is 4.57 Å². The van der Waals surface area contributed by atoms with Crippen LogP contribution in [0.1, 0.15) is 26.7 Å². The van der Waals surface area contributed by atoms with Gasteiger partial charge in [0.15, 0.2) is 0 Å². The molecule has 1 aromatic heterocycles. The molecule has 0 saturated heterocycles. The number of aromatic nitrogens is 1. The van der Waals surface area contributed by atoms with E-state index in [0.717, 1.165) is 12.8 Å². The zero-order chi connectivity index (χ0) is 9.03. The number of hydrogen-bond donors (Lipinski definition) is 0. The first-order chi connectivity index (χ1) is 5.79. The molecule has 1 heterocycles. The number of rotatable bonds is 3. The van der Waals surface area contributed by atoms with Gasteiger partial charge in [0, 0.05) is 12.4 Å². The summed E-state index contributed by atoms with van der Waals surface area (Å²) in [5, 5.41) is 9.08. The van der Waals surface area contributed by atoms with Crippen molar-refractivity contribution in [3.05, 3.63) is 24.5 Å². The lowest BCUT2D eigenvalue weighted by atomic mass is 9.95. The zero-order valence-electron chi connectivity index (χ0n) is 7.62. The van der Waals surface area contributed by atoms with E-state index in [9.17, 15) is 0 Å². The molecule has 64 valence electrons. The average molecular weight is 162 g/mol. The van der Waals surface area contributed by atoms with E-state index in [1.165, 1.54) is 0 Å². The summed E-state index contributed by atoms with van der Waals surface area (Å²) >= 11 is 0. The molecular weight excluding hydrogens is 148 g/mol. The summed E-state index contributed by atoms with van der Waals surface area (Å²) < 4.78 is 1.99. The van der Waals surface area contributed by atoms with Gasteiger partial charge in [-0.3, -0.25) is 0 Å². The Morgan fingerprint density at radius 3 is 2.08 bits per heavy atom. The molecule has 0 bridgehead atoms. The van der Waals surface area contributed by atoms with Gasteiger partial charge < -0.3 is 4.57 Å². The molecule has 0 spiro atoms. The highest BCUT2D eigenvalue weighted by Crippen LogP contribution is 2.23. The molecule has 12 heavy (non-hydrogen) atoms. The van der Waals surface area contributed by atoms with Crippen LogP contribution in [0.15, 0.2) is 24.5 Å². The van der Waals surface area contributed by atoms with E-state index >= 15 is 0 Å². The van der Waals surface area contributed by atoms with Gasteiger partial charge in [0.1, 0.15) is 5.54 Å². The second-order valence-corrected chi connectivity index (χ2v) is 2.94. The fourth-order valence-electron chi connectivity index (χ4n) is 1.45. The fraction of sp³-hybridized carbons (Fsp3) is 0.500. The van der Waals surface area contributed by atoms with Gasteiger partial charge >= 0.3 is 0 Å². The van der Waals surface area contributed by atoms with E-state index in [4.69, 9.17) is 5.26 Å². The molecule has 0 aliphatic heterocycles. The molecule has 2 nitrogen and oxygen atoms in total. The quantitative estimate of drug-likeness (QED) is 0.671. The highest BCUT2D eigenvalue weighted by atomic mass is 15.0. The third kappa shape index (κ3) is 1.23. The second kappa shape index (κ2) is 3.44. The van der Waals surface area contributed by atoms with E-state index in [1.807, 2.05) is 42.9 Å². The average Bonchev–Trinajstić information content (AvgIpc) is 2.62. The molecule has 0 fully saturated rings. The first-order valence-electron chi connectivity index (χ1n) is 4.33. The Morgan fingerprint density at radius 2 is 1.75 bits per heavy atom. The van der Waals surface area contributed by atoms with E-state index < -0.39 is 0 Å². The van der Waals surface area contributed by atoms with Crippen LogP contribution in [0.25, 0.3) is 0 Å². The van der Waals surface area contributed by atoms with Gasteiger partial charge in [-0.15, -0.1) is 0 Å². The minimum atomic E-state index is -0.330. The molecule has 0 aliphatic carbocycles. The minimum absolute atomic E-state index is 0.330. The molecule has 0 radical (unpaired) electrons. The monoisotopic (exact) mass is 162 g/mol. The molecule has 1 aromatic rings. The van der Waals surface area contributed by atoms with Crippen LogP contribution < -0.4 is 0 Å². The van der Waals surface area contributed by atoms with Crippen molar-refractivity contribution in [2.45, 2.75) is 32.2 Å². The van der Waals surface area contributed by atoms with Crippen LogP contribution in [0.4, 0.5) is 0 Å². The maximum atomic E-state index is 9.08. The van der Waals surface area contributed by atoms with Crippen molar-refractivity contribution < 1.29 is 0 Å². The summed E-state index contributed by atoms with van der Waals surface area (Å²) in [5.74, 6) is 0. The highest BCUT2D eigenvalue weighted by molar-refractivity contribution is 5.08. The third-order valence-electron chi connectivity index (χ3n) is 2.48. The van der Waals surface area contributed by atoms with Crippen LogP contribution in [0.3, 0.4) is 0 Å². The third-order valence-corrected chi connectivity index (χ3v) is 2.48. The first-order valence-corrected chi connectivity index (χ1v) is 4.33. The molecule has 0 aromatic carbocycles. The SMILES string of the molecule is CCC(C#N)(CC)n1cccc1. The van der Waals surface area contributed by atoms with Gasteiger partial charge in [0.2, 0.25) is 0 Å². The largest absolute Gasteiger partial charge is 0.335 e. The van der Waals surface area contributed by atoms with Crippen molar-refractivity contribution >= 4 is 0 Å². The van der Waals surface area contributed by atoms with E-state index in [-0.39, 0.29) is 5.54 Å². The maximum absolute atomic E-state index is 9.08. The van der Waals surface area contributed by atoms with E-state index in [1.54, 1.807) is 0 Å². The van der Waals surface area contributed by atoms with Crippen molar-refractivity contribution in [2.75, 3.05) is 0 Å². The molecule has 0 saturated carbocycles. The van der Waals surface area contributed by atoms with Crippen molar-refractivity contribution in [1.82, 2.24) is 4.57 Å². The van der Waals surface area contributed by atoms with Crippen LogP contribution >= 0.6 is 0 Å². The van der Waals surface area contributed by atoms with Crippen molar-refractivity contribution in [1.29, 1.82) is 5.26 Å². The van der Waals surface area contributed by atoms with Gasteiger partial charge in [-0.2, -0.15) is 5.26 Å². The molecule has 0 aliphatic rings. The summed E-state index contributed by atoms with van der Waals surface area (Å²) in [6.45, 7) is 4.10. The summed E-state index contributed by atoms with van der Waals surface area (Å²) in [6, 6.07) is 6.29. The maximum Gasteiger partial charge on any atom is 0.130 e. The van der Waals surface area contributed by atoms with Gasteiger partial charge in [0.05, 0.1) is 6.07 Å². The van der Waals surface area contributed by atoms with Crippen LogP contribution in [0.5, 0.6) is 0 Å². The Kier molecular flexibility index (Phi) is 2.54. The normalized spacial score (nSPS) is 11.1. The molecule has 2 heteroatoms. The minimum Gasteiger partial charge on any atom is -0.335 e. The van der Waals surface area contributed by atoms with Crippen LogP contribution in [0.2, 0.25) is 0 Å². The van der Waals surface area contributed by atoms with Crippen molar-refractivity contribution in [2.24, 2.45) is 0 Å². The predicted molar refractivity (Wildman–Crippen MR) is 48.6 cm³/mol. The summed E-state index contributed by atoms with van der Waals surface area (Å²) in [6.07, 6.45) is 5.62. The molecule has 0 amide bonds. The van der Waals surface area contributed by atoms with Crippen molar-refractivity contribution in [3.63, 3.8) is 0 Å². The van der Waals surface area contributed by atoms with Crippen LogP contribution in [0, 0.1) is 11.3 Å². The molecular formula is C10H14N2. The topological polar surface area (TPSA) is 28.7 Å². The lowest BCUT2D eigenvalue weighted by Crippen LogP contribution is -2.28. The van der Waals surface area contributed by atoms with Gasteiger partial charge in [-0.05, 0) is 25.0 Å². The Bertz CT molecular complexity index is 263. The Hall–Kier alpha value is -1.23. The number of nitrogens with zero attached hydrogens (tertiary/aromatic N) is 2. The number of hydrogen-bond acceptors (Lipinski definition) is 1. The Morgan fingerprint density at radius 1 is 1.25 bits per heavy atom. The molecule has 0 atom stereocenters. The Balaban J connectivity index is 3.03. The second-order valence-electron chi connectivity index (χ2n) is 2.94. The predicted octanol–water partition coefficient (Wildman–Crippen LogP) is 2.53. The molecule has 1 rings (SSSR count). The zero-order valence-corrected chi connectivity index (χ0v) is 7.62. The highest BCUT2D eigenvalue weighted by Gasteiger charge is 2.26. The Labute approximate surface area is 73.4 Å².